The highest BCUT2D eigenvalue weighted by Crippen LogP contribution is 2.50. The number of rotatable bonds is 14. The van der Waals surface area contributed by atoms with Crippen molar-refractivity contribution < 1.29 is 25.1 Å². The van der Waals surface area contributed by atoms with E-state index < -0.39 is 32.5 Å². The molecule has 1 saturated heterocycles. The lowest BCUT2D eigenvalue weighted by Gasteiger charge is -2.37. The molecule has 1 fully saturated rings. The number of aliphatic hydroxyl groups is 1. The van der Waals surface area contributed by atoms with Crippen molar-refractivity contribution in [3.05, 3.63) is 82.5 Å². The lowest BCUT2D eigenvalue weighted by atomic mass is 9.91. The molecule has 2 unspecified atom stereocenters. The SMILES string of the molecule is [2H]OC[C@H]1O[C@@H](n2nc(C#CCCNC(=O)c3cc4cccc5ccc6cccc3c6c54)c3c(=O)[nH]cnc32)CC1OP(OCCC#N)N(C(C)C)C(C)C.[3H]C. The Morgan fingerprint density at radius 3 is 2.65 bits per heavy atom. The van der Waals surface area contributed by atoms with E-state index >= 15 is 0 Å². The van der Waals surface area contributed by atoms with Crippen LogP contribution in [0, 0.1) is 23.2 Å². The van der Waals surface area contributed by atoms with Gasteiger partial charge in [-0.05, 0) is 72.0 Å². The molecular formula is C41H46N7O6P. The minimum Gasteiger partial charge on any atom is -0.394 e. The summed E-state index contributed by atoms with van der Waals surface area (Å²) in [5.74, 6) is 5.89. The highest BCUT2D eigenvalue weighted by molar-refractivity contribution is 7.44. The first kappa shape index (κ1) is 37.0. The van der Waals surface area contributed by atoms with Crippen molar-refractivity contribution in [1.82, 2.24) is 29.7 Å². The van der Waals surface area contributed by atoms with Gasteiger partial charge in [-0.1, -0.05) is 61.9 Å². The monoisotopic (exact) mass is 766 g/mol. The van der Waals surface area contributed by atoms with E-state index in [1.54, 1.807) is 0 Å². The van der Waals surface area contributed by atoms with Gasteiger partial charge in [0.1, 0.15) is 11.5 Å². The molecule has 286 valence electrons. The van der Waals surface area contributed by atoms with Crippen molar-refractivity contribution in [1.29, 1.82) is 6.69 Å². The van der Waals surface area contributed by atoms with Crippen LogP contribution in [-0.4, -0.2) is 80.9 Å². The molecule has 1 amide bonds. The van der Waals surface area contributed by atoms with E-state index in [1.807, 2.05) is 58.0 Å². The van der Waals surface area contributed by atoms with E-state index in [4.69, 9.17) is 27.0 Å². The number of hydrogen-bond donors (Lipinski definition) is 3. The Kier molecular flexibility index (Phi) is 11.6. The van der Waals surface area contributed by atoms with Crippen LogP contribution in [0.15, 0.2) is 65.7 Å². The number of nitrogens with one attached hydrogen (secondary N) is 2. The molecule has 4 atom stereocenters. The molecule has 0 saturated carbocycles. The maximum Gasteiger partial charge on any atom is 0.263 e. The predicted molar refractivity (Wildman–Crippen MR) is 215 cm³/mol. The molecule has 0 bridgehead atoms. The number of H-pyrrole nitrogens is 1. The van der Waals surface area contributed by atoms with E-state index in [9.17, 15) is 9.59 Å². The van der Waals surface area contributed by atoms with Gasteiger partial charge in [-0.3, -0.25) is 9.59 Å². The molecule has 7 rings (SSSR count). The van der Waals surface area contributed by atoms with Crippen molar-refractivity contribution in [2.45, 2.75) is 84.9 Å². The van der Waals surface area contributed by atoms with Gasteiger partial charge in [0.2, 0.25) is 1.43 Å². The predicted octanol–water partition coefficient (Wildman–Crippen LogP) is 6.77. The van der Waals surface area contributed by atoms with Gasteiger partial charge in [0.15, 0.2) is 17.6 Å². The molecule has 4 aromatic carbocycles. The molecule has 14 heteroatoms. The summed E-state index contributed by atoms with van der Waals surface area (Å²) in [4.78, 5) is 33.7. The molecule has 2 aromatic heterocycles. The van der Waals surface area contributed by atoms with Crippen molar-refractivity contribution in [3.8, 4) is 17.9 Å². The summed E-state index contributed by atoms with van der Waals surface area (Å²) in [5.41, 5.74) is 0.696. The highest BCUT2D eigenvalue weighted by Gasteiger charge is 2.42. The second-order valence-electron chi connectivity index (χ2n) is 13.7. The fourth-order valence-electron chi connectivity index (χ4n) is 7.22. The molecule has 6 aromatic rings. The first-order valence-electron chi connectivity index (χ1n) is 19.5. The smallest absolute Gasteiger partial charge is 0.263 e. The highest BCUT2D eigenvalue weighted by atomic mass is 31.2. The van der Waals surface area contributed by atoms with E-state index in [2.05, 4.69) is 67.2 Å². The Morgan fingerprint density at radius 2 is 1.91 bits per heavy atom. The van der Waals surface area contributed by atoms with Gasteiger partial charge in [-0.25, -0.2) is 14.3 Å². The van der Waals surface area contributed by atoms with Gasteiger partial charge in [0.05, 0.1) is 38.1 Å². The van der Waals surface area contributed by atoms with Crippen molar-refractivity contribution in [2.75, 3.05) is 19.8 Å². The second kappa shape index (κ2) is 17.2. The van der Waals surface area contributed by atoms with Crippen LogP contribution in [0.4, 0.5) is 0 Å². The number of aromatic amines is 1. The Morgan fingerprint density at radius 1 is 1.16 bits per heavy atom. The molecular weight excluding hydrogens is 717 g/mol. The molecule has 55 heavy (non-hydrogen) atoms. The summed E-state index contributed by atoms with van der Waals surface area (Å²) < 4.78 is 35.9. The zero-order valence-electron chi connectivity index (χ0n) is 33.5. The number of hydrogen-bond acceptors (Lipinski definition) is 10. The van der Waals surface area contributed by atoms with Gasteiger partial charge >= 0.3 is 0 Å². The number of ether oxygens (including phenoxy) is 1. The van der Waals surface area contributed by atoms with Gasteiger partial charge in [0, 0.05) is 38.4 Å². The number of nitrogens with zero attached hydrogens (tertiary/aromatic N) is 5. The van der Waals surface area contributed by atoms with Crippen LogP contribution in [-0.2, 0) is 13.8 Å². The summed E-state index contributed by atoms with van der Waals surface area (Å²) in [6.07, 6.45) is 0.183. The van der Waals surface area contributed by atoms with Gasteiger partial charge in [-0.2, -0.15) is 10.4 Å². The molecule has 3 heterocycles. The first-order valence-corrected chi connectivity index (χ1v) is 19.2. The molecule has 1 aliphatic rings. The summed E-state index contributed by atoms with van der Waals surface area (Å²) in [6, 6.07) is 20.5. The summed E-state index contributed by atoms with van der Waals surface area (Å²) in [7, 11) is -0.354. The second-order valence-corrected chi connectivity index (χ2v) is 15.1. The number of aliphatic hydroxyl groups excluding tert-OH is 1. The van der Waals surface area contributed by atoms with E-state index in [0.29, 0.717) is 18.4 Å². The van der Waals surface area contributed by atoms with Gasteiger partial charge in [0.25, 0.3) is 20.0 Å². The maximum atomic E-state index is 13.5. The summed E-state index contributed by atoms with van der Waals surface area (Å²) in [5, 5.41) is 28.1. The maximum absolute atomic E-state index is 13.5. The molecule has 13 nitrogen and oxygen atoms in total. The third-order valence-electron chi connectivity index (χ3n) is 9.50. The standard InChI is InChI=1S/C40H42N7O6P.CH4/c1-24(2)47(25(3)4)54(51-19-9-17-41)53-32-21-34(52-33(32)22-48)46-38-37(40(50)44-23-43-38)31(45-46)14-5-6-18-42-39(49)30-20-28-12-7-10-26-15-16-27-11-8-13-29(30)36(27)35(26)28;/h7-8,10-13,15-16,20,23-25,32-34,48H,6,9,18-19,21-22H2,1-4H3,(H,42,49)(H,43,44,50);1H4/t32?,33-,34-,54?;/m1./s1/i48D;1T. The van der Waals surface area contributed by atoms with Crippen molar-refractivity contribution in [3.63, 3.8) is 0 Å². The van der Waals surface area contributed by atoms with E-state index in [-0.39, 0.29) is 60.9 Å². The number of carbonyl (C=O) groups excluding carboxylic acids is 1. The fourth-order valence-corrected chi connectivity index (χ4v) is 8.98. The summed E-state index contributed by atoms with van der Waals surface area (Å²) in [6.45, 7) is 8.61. The third kappa shape index (κ3) is 7.91. The lowest BCUT2D eigenvalue weighted by Crippen LogP contribution is -2.36. The molecule has 0 aliphatic carbocycles. The number of aromatic nitrogens is 4. The average Bonchev–Trinajstić information content (AvgIpc) is 3.78. The van der Waals surface area contributed by atoms with Crippen LogP contribution in [0.5, 0.6) is 0 Å². The molecule has 3 N–H and O–H groups in total. The van der Waals surface area contributed by atoms with E-state index in [1.165, 1.54) is 18.4 Å². The fraction of sp³-hybridized carbons (Fsp3) is 0.390. The van der Waals surface area contributed by atoms with E-state index in [0.717, 1.165) is 32.3 Å². The molecule has 1 aliphatic heterocycles. The quantitative estimate of drug-likeness (QED) is 0.0466. The van der Waals surface area contributed by atoms with Crippen LogP contribution >= 0.6 is 8.53 Å². The Labute approximate surface area is 323 Å². The minimum atomic E-state index is -1.60. The average molecular weight is 767 g/mol. The topological polar surface area (TPSA) is 168 Å². The number of nitriles is 1. The van der Waals surface area contributed by atoms with Crippen LogP contribution in [0.25, 0.3) is 43.4 Å². The first-order chi connectivity index (χ1) is 27.7. The van der Waals surface area contributed by atoms with Crippen LogP contribution in [0.2, 0.25) is 0 Å². The van der Waals surface area contributed by atoms with Gasteiger partial charge in [-0.15, -0.1) is 0 Å². The Hall–Kier alpha value is -4.98. The van der Waals surface area contributed by atoms with Crippen molar-refractivity contribution >= 4 is 57.8 Å². The van der Waals surface area contributed by atoms with Crippen LogP contribution in [0.1, 0.15) is 78.0 Å². The van der Waals surface area contributed by atoms with Crippen molar-refractivity contribution in [2.24, 2.45) is 0 Å². The largest absolute Gasteiger partial charge is 0.394 e. The number of fused-ring (bicyclic) bond motifs is 1. The molecule has 0 spiro atoms. The number of benzene rings is 4. The zero-order valence-corrected chi connectivity index (χ0v) is 32.4. The van der Waals surface area contributed by atoms with Gasteiger partial charge < -0.3 is 29.2 Å². The molecule has 0 radical (unpaired) electrons. The Bertz CT molecular complexity index is 2490. The normalized spacial score (nSPS) is 18.0. The zero-order chi connectivity index (χ0) is 40.6. The summed E-state index contributed by atoms with van der Waals surface area (Å²) >= 11 is 0. The van der Waals surface area contributed by atoms with Crippen LogP contribution < -0.4 is 10.9 Å². The third-order valence-corrected chi connectivity index (χ3v) is 11.7. The lowest BCUT2D eigenvalue weighted by molar-refractivity contribution is -0.0451. The Balaban J connectivity index is 0.00000270. The number of carbonyl (C=O) groups is 1. The van der Waals surface area contributed by atoms with Crippen LogP contribution in [0.3, 0.4) is 0 Å². The number of amides is 1. The minimum absolute atomic E-state index is 0.0776.